The van der Waals surface area contributed by atoms with Gasteiger partial charge in [-0.3, -0.25) is 9.36 Å². The third kappa shape index (κ3) is 51.2. The molecule has 0 saturated heterocycles. The summed E-state index contributed by atoms with van der Waals surface area (Å²) in [5.74, 6) is -0.157. The average Bonchev–Trinajstić information content (AvgIpc) is 3.26. The smallest absolute Gasteiger partial charge is 0.268 e. The lowest BCUT2D eigenvalue weighted by atomic mass is 10.0. The molecule has 390 valence electrons. The van der Waals surface area contributed by atoms with Crippen LogP contribution in [0.4, 0.5) is 0 Å². The third-order valence-corrected chi connectivity index (χ3v) is 14.6. The van der Waals surface area contributed by atoms with Crippen molar-refractivity contribution in [2.24, 2.45) is 0 Å². The van der Waals surface area contributed by atoms with Crippen LogP contribution in [0, 0.1) is 0 Å². The van der Waals surface area contributed by atoms with Gasteiger partial charge in [-0.1, -0.05) is 284 Å². The molecule has 0 radical (unpaired) electrons. The molecule has 2 N–H and O–H groups in total. The molecule has 9 heteroatoms. The number of aliphatic hydroxyl groups is 1. The summed E-state index contributed by atoms with van der Waals surface area (Å²) in [6.45, 7) is 4.77. The molecule has 0 aliphatic carbocycles. The maximum absolute atomic E-state index is 13.0. The SMILES string of the molecule is CCCCCCCCCCCCCCCCCCCCCCCCCCCCCCC(=O)N[C@@H](COP(=O)([O-])OCC[N+](C)(C)C)[C@H](O)CCCCCCCCCCCCCCCCC. The van der Waals surface area contributed by atoms with E-state index in [0.29, 0.717) is 23.9 Å². The van der Waals surface area contributed by atoms with Crippen molar-refractivity contribution in [1.82, 2.24) is 5.32 Å². The Balaban J connectivity index is 4.03. The maximum atomic E-state index is 13.0. The zero-order chi connectivity index (χ0) is 47.8. The van der Waals surface area contributed by atoms with Crippen molar-refractivity contribution in [2.45, 2.75) is 315 Å². The zero-order valence-corrected chi connectivity index (χ0v) is 45.4. The van der Waals surface area contributed by atoms with Crippen LogP contribution in [-0.4, -0.2) is 68.5 Å². The predicted octanol–water partition coefficient (Wildman–Crippen LogP) is 16.6. The van der Waals surface area contributed by atoms with Crippen molar-refractivity contribution in [3.8, 4) is 0 Å². The quantitative estimate of drug-likeness (QED) is 0.0357. The number of carbonyl (C=O) groups is 1. The highest BCUT2D eigenvalue weighted by Gasteiger charge is 2.24. The highest BCUT2D eigenvalue weighted by atomic mass is 31.2. The third-order valence-electron chi connectivity index (χ3n) is 13.6. The van der Waals surface area contributed by atoms with Gasteiger partial charge in [-0.25, -0.2) is 0 Å². The van der Waals surface area contributed by atoms with Crippen LogP contribution >= 0.6 is 7.82 Å². The second-order valence-electron chi connectivity index (χ2n) is 21.4. The number of amides is 1. The molecule has 0 saturated carbocycles. The van der Waals surface area contributed by atoms with Crippen molar-refractivity contribution < 1.29 is 32.9 Å². The molecule has 3 atom stereocenters. The van der Waals surface area contributed by atoms with E-state index in [0.717, 1.165) is 38.5 Å². The highest BCUT2D eigenvalue weighted by molar-refractivity contribution is 7.45. The molecule has 0 bridgehead atoms. The summed E-state index contributed by atoms with van der Waals surface area (Å²) in [6.07, 6.45) is 57.1. The lowest BCUT2D eigenvalue weighted by molar-refractivity contribution is -0.870. The Bertz CT molecular complexity index is 1030. The first-order valence-corrected chi connectivity index (χ1v) is 30.3. The number of nitrogens with zero attached hydrogens (tertiary/aromatic N) is 1. The van der Waals surface area contributed by atoms with Crippen LogP contribution in [-0.2, 0) is 18.4 Å². The van der Waals surface area contributed by atoms with Crippen molar-refractivity contribution in [2.75, 3.05) is 40.9 Å². The van der Waals surface area contributed by atoms with Crippen molar-refractivity contribution in [3.05, 3.63) is 0 Å². The van der Waals surface area contributed by atoms with Crippen molar-refractivity contribution in [3.63, 3.8) is 0 Å². The first-order valence-electron chi connectivity index (χ1n) is 28.9. The Labute approximate surface area is 406 Å². The molecule has 0 rings (SSSR count). The van der Waals surface area contributed by atoms with Crippen LogP contribution < -0.4 is 10.2 Å². The molecule has 8 nitrogen and oxygen atoms in total. The van der Waals surface area contributed by atoms with Crippen LogP contribution in [0.2, 0.25) is 0 Å². The summed E-state index contributed by atoms with van der Waals surface area (Å²) in [4.78, 5) is 25.5. The molecule has 0 spiro atoms. The lowest BCUT2D eigenvalue weighted by Gasteiger charge is -2.30. The standard InChI is InChI=1S/C56H115N2O6P/c1-6-8-10-12-14-16-18-20-22-23-24-25-26-27-28-29-30-31-32-33-34-36-38-40-42-44-46-48-50-56(60)57-54(53-64-65(61,62)63-52-51-58(3,4)5)55(59)49-47-45-43-41-39-37-35-21-19-17-15-13-11-9-7-2/h54-55,59H,6-53H2,1-5H3,(H-,57,60,61,62)/t54-,55+/m0/s1. The van der Waals surface area contributed by atoms with Gasteiger partial charge in [0, 0.05) is 6.42 Å². The molecule has 0 fully saturated rings. The topological polar surface area (TPSA) is 108 Å². The number of aliphatic hydroxyl groups excluding tert-OH is 1. The van der Waals surface area contributed by atoms with Gasteiger partial charge in [-0.15, -0.1) is 0 Å². The van der Waals surface area contributed by atoms with E-state index in [1.807, 2.05) is 21.1 Å². The largest absolute Gasteiger partial charge is 0.756 e. The fourth-order valence-corrected chi connectivity index (χ4v) is 9.77. The number of rotatable bonds is 54. The van der Waals surface area contributed by atoms with Gasteiger partial charge in [0.1, 0.15) is 13.2 Å². The number of nitrogens with one attached hydrogen (secondary N) is 1. The summed E-state index contributed by atoms with van der Waals surface area (Å²) in [6, 6.07) is -0.794. The molecule has 1 amide bonds. The van der Waals surface area contributed by atoms with Gasteiger partial charge >= 0.3 is 0 Å². The average molecular weight is 944 g/mol. The summed E-state index contributed by atoms with van der Waals surface area (Å²) >= 11 is 0. The van der Waals surface area contributed by atoms with Gasteiger partial charge in [-0.05, 0) is 12.8 Å². The van der Waals surface area contributed by atoms with E-state index in [2.05, 4.69) is 19.2 Å². The normalized spacial score (nSPS) is 13.9. The maximum Gasteiger partial charge on any atom is 0.268 e. The van der Waals surface area contributed by atoms with E-state index in [-0.39, 0.29) is 19.1 Å². The Hall–Kier alpha value is -0.500. The minimum Gasteiger partial charge on any atom is -0.756 e. The number of carbonyl (C=O) groups excluding carboxylic acids is 1. The second kappa shape index (κ2) is 48.5. The number of phosphoric ester groups is 1. The second-order valence-corrected chi connectivity index (χ2v) is 22.8. The van der Waals surface area contributed by atoms with E-state index in [1.54, 1.807) is 0 Å². The molecular formula is C56H115N2O6P. The van der Waals surface area contributed by atoms with Gasteiger partial charge in [0.15, 0.2) is 0 Å². The molecular weight excluding hydrogens is 828 g/mol. The number of likely N-dealkylation sites (N-methyl/N-ethyl adjacent to an activating group) is 1. The molecule has 0 aliphatic heterocycles. The Kier molecular flexibility index (Phi) is 48.1. The number of hydrogen-bond acceptors (Lipinski definition) is 6. The fraction of sp³-hybridized carbons (Fsp3) is 0.982. The minimum atomic E-state index is -4.56. The first-order chi connectivity index (χ1) is 31.5. The van der Waals surface area contributed by atoms with Crippen LogP contribution in [0.5, 0.6) is 0 Å². The number of quaternary nitrogens is 1. The summed E-state index contributed by atoms with van der Waals surface area (Å²) < 4.78 is 23.4. The van der Waals surface area contributed by atoms with E-state index in [9.17, 15) is 19.4 Å². The molecule has 65 heavy (non-hydrogen) atoms. The molecule has 0 aliphatic rings. The number of hydrogen-bond donors (Lipinski definition) is 2. The zero-order valence-electron chi connectivity index (χ0n) is 44.5. The van der Waals surface area contributed by atoms with Gasteiger partial charge in [-0.2, -0.15) is 0 Å². The summed E-state index contributed by atoms with van der Waals surface area (Å²) in [5, 5.41) is 14.0. The van der Waals surface area contributed by atoms with Crippen LogP contribution in [0.1, 0.15) is 303 Å². The summed E-state index contributed by atoms with van der Waals surface area (Å²) in [5.41, 5.74) is 0. The van der Waals surface area contributed by atoms with Gasteiger partial charge in [0.2, 0.25) is 5.91 Å². The van der Waals surface area contributed by atoms with E-state index < -0.39 is 20.0 Å². The van der Waals surface area contributed by atoms with Crippen molar-refractivity contribution in [1.29, 1.82) is 0 Å². The first kappa shape index (κ1) is 64.5. The molecule has 0 aromatic rings. The van der Waals surface area contributed by atoms with Gasteiger partial charge < -0.3 is 28.8 Å². The monoisotopic (exact) mass is 943 g/mol. The van der Waals surface area contributed by atoms with Gasteiger partial charge in [0.25, 0.3) is 7.82 Å². The minimum absolute atomic E-state index is 0.0165. The fourth-order valence-electron chi connectivity index (χ4n) is 9.04. The van der Waals surface area contributed by atoms with Crippen LogP contribution in [0.25, 0.3) is 0 Å². The van der Waals surface area contributed by atoms with E-state index >= 15 is 0 Å². The van der Waals surface area contributed by atoms with Crippen LogP contribution in [0.3, 0.4) is 0 Å². The van der Waals surface area contributed by atoms with E-state index in [1.165, 1.54) is 238 Å². The molecule has 0 heterocycles. The molecule has 1 unspecified atom stereocenters. The molecule has 0 aromatic heterocycles. The Morgan fingerprint density at radius 3 is 1.05 bits per heavy atom. The predicted molar refractivity (Wildman–Crippen MR) is 279 cm³/mol. The molecule has 0 aromatic carbocycles. The lowest BCUT2D eigenvalue weighted by Crippen LogP contribution is -2.46. The van der Waals surface area contributed by atoms with Gasteiger partial charge in [0.05, 0.1) is 39.9 Å². The highest BCUT2D eigenvalue weighted by Crippen LogP contribution is 2.38. The number of phosphoric acid groups is 1. The van der Waals surface area contributed by atoms with Crippen molar-refractivity contribution >= 4 is 13.7 Å². The summed E-state index contributed by atoms with van der Waals surface area (Å²) in [7, 11) is 1.32. The Morgan fingerprint density at radius 2 is 0.754 bits per heavy atom. The van der Waals surface area contributed by atoms with Crippen LogP contribution in [0.15, 0.2) is 0 Å². The Morgan fingerprint density at radius 1 is 0.477 bits per heavy atom. The number of unbranched alkanes of at least 4 members (excludes halogenated alkanes) is 41. The van der Waals surface area contributed by atoms with E-state index in [4.69, 9.17) is 9.05 Å².